The highest BCUT2D eigenvalue weighted by molar-refractivity contribution is 7.74. The zero-order valence-electron chi connectivity index (χ0n) is 22.2. The third-order valence-electron chi connectivity index (χ3n) is 7.15. The number of aromatic nitrogens is 4. The molecule has 12 heteroatoms. The van der Waals surface area contributed by atoms with Gasteiger partial charge in [0.15, 0.2) is 0 Å². The number of rotatable bonds is 4. The highest BCUT2D eigenvalue weighted by atomic mass is 31.2. The van der Waals surface area contributed by atoms with Crippen LogP contribution in [0.4, 0.5) is 0 Å². The van der Waals surface area contributed by atoms with Gasteiger partial charge in [0.25, 0.3) is 7.37 Å². The first kappa shape index (κ1) is 25.7. The summed E-state index contributed by atoms with van der Waals surface area (Å²) in [5, 5.41) is 0.264. The summed E-state index contributed by atoms with van der Waals surface area (Å²) < 4.78 is 29.6. The molecule has 0 radical (unpaired) electrons. The molecular weight excluding hydrogens is 559 g/mol. The SMILES string of the molecule is COC(=O)c1ccc2[nH]c(-c3ccc4c(c3)P(=O)(O)c3cc(-c5nc6cc(C(=O)OC)ccc6[nH]5)ccc3O4)nc2c1. The number of carbonyl (C=O) groups is 2. The summed E-state index contributed by atoms with van der Waals surface area (Å²) in [4.78, 5) is 50.8. The van der Waals surface area contributed by atoms with Crippen molar-refractivity contribution in [1.82, 2.24) is 19.9 Å². The Bertz CT molecular complexity index is 2000. The van der Waals surface area contributed by atoms with Crippen LogP contribution < -0.4 is 15.3 Å². The van der Waals surface area contributed by atoms with Gasteiger partial charge in [-0.25, -0.2) is 19.6 Å². The predicted molar refractivity (Wildman–Crippen MR) is 155 cm³/mol. The second kappa shape index (κ2) is 9.41. The third-order valence-corrected chi connectivity index (χ3v) is 9.15. The number of benzene rings is 4. The number of ether oxygens (including phenoxy) is 3. The van der Waals surface area contributed by atoms with E-state index >= 15 is 0 Å². The zero-order chi connectivity index (χ0) is 29.2. The van der Waals surface area contributed by atoms with E-state index in [0.717, 1.165) is 0 Å². The van der Waals surface area contributed by atoms with Gasteiger partial charge >= 0.3 is 11.9 Å². The molecule has 4 aromatic carbocycles. The van der Waals surface area contributed by atoms with Crippen LogP contribution in [-0.4, -0.2) is 51.0 Å². The molecule has 7 rings (SSSR count). The van der Waals surface area contributed by atoms with Crippen LogP contribution in [-0.2, 0) is 14.0 Å². The standard InChI is InChI=1S/C30H21N4O7P/c1-39-29(35)17-3-7-19-21(11-17)33-27(31-19)15-5-9-23-25(13-15)42(37,38)26-14-16(6-10-24(26)41-23)28-32-20-8-4-18(30(36)40-2)12-22(20)34-28/h3-14H,1-2H3,(H,31,33)(H,32,34)(H,37,38). The van der Waals surface area contributed by atoms with Crippen molar-refractivity contribution < 1.29 is 33.3 Å². The molecule has 0 amide bonds. The number of hydrogen-bond acceptors (Lipinski definition) is 8. The number of H-pyrrole nitrogens is 2. The number of fused-ring (bicyclic) bond motifs is 4. The maximum Gasteiger partial charge on any atom is 0.337 e. The fourth-order valence-electron chi connectivity index (χ4n) is 5.00. The number of carbonyl (C=O) groups excluding carboxylic acids is 2. The normalized spacial score (nSPS) is 13.3. The number of aromatic amines is 2. The van der Waals surface area contributed by atoms with E-state index in [0.29, 0.717) is 56.0 Å². The Morgan fingerprint density at radius 3 is 1.60 bits per heavy atom. The van der Waals surface area contributed by atoms with E-state index in [2.05, 4.69) is 19.9 Å². The average Bonchev–Trinajstić information content (AvgIpc) is 3.64. The molecule has 3 heterocycles. The molecule has 1 aliphatic rings. The van der Waals surface area contributed by atoms with Crippen molar-refractivity contribution in [1.29, 1.82) is 0 Å². The van der Waals surface area contributed by atoms with Gasteiger partial charge in [-0.1, -0.05) is 0 Å². The minimum atomic E-state index is -4.11. The van der Waals surface area contributed by atoms with Crippen LogP contribution >= 0.6 is 7.37 Å². The smallest absolute Gasteiger partial charge is 0.337 e. The monoisotopic (exact) mass is 580 g/mol. The molecule has 0 saturated heterocycles. The van der Waals surface area contributed by atoms with Gasteiger partial charge in [-0.15, -0.1) is 0 Å². The van der Waals surface area contributed by atoms with E-state index in [-0.39, 0.29) is 22.1 Å². The summed E-state index contributed by atoms with van der Waals surface area (Å²) in [5.74, 6) is 0.521. The Kier molecular flexibility index (Phi) is 5.76. The van der Waals surface area contributed by atoms with Crippen molar-refractivity contribution in [2.75, 3.05) is 14.2 Å². The van der Waals surface area contributed by atoms with E-state index < -0.39 is 19.3 Å². The lowest BCUT2D eigenvalue weighted by atomic mass is 10.2. The molecule has 0 fully saturated rings. The number of nitrogens with one attached hydrogen (secondary N) is 2. The minimum Gasteiger partial charge on any atom is -0.465 e. The summed E-state index contributed by atoms with van der Waals surface area (Å²) >= 11 is 0. The van der Waals surface area contributed by atoms with Gasteiger partial charge in [-0.05, 0) is 72.8 Å². The van der Waals surface area contributed by atoms with Crippen molar-refractivity contribution in [3.63, 3.8) is 0 Å². The molecule has 0 unspecified atom stereocenters. The molecule has 0 atom stereocenters. The molecule has 1 aliphatic heterocycles. The Balaban J connectivity index is 1.26. The van der Waals surface area contributed by atoms with Gasteiger partial charge in [-0.3, -0.25) is 4.57 Å². The molecular formula is C30H21N4O7P. The van der Waals surface area contributed by atoms with Crippen LogP contribution in [0.3, 0.4) is 0 Å². The second-order valence-corrected chi connectivity index (χ2v) is 11.8. The van der Waals surface area contributed by atoms with Gasteiger partial charge in [0.1, 0.15) is 23.1 Å². The number of nitrogens with zero attached hydrogens (tertiary/aromatic N) is 2. The van der Waals surface area contributed by atoms with Crippen molar-refractivity contribution in [3.8, 4) is 34.3 Å². The van der Waals surface area contributed by atoms with Crippen LogP contribution in [0.2, 0.25) is 0 Å². The average molecular weight is 580 g/mol. The van der Waals surface area contributed by atoms with Gasteiger partial charge in [0, 0.05) is 11.1 Å². The van der Waals surface area contributed by atoms with E-state index in [9.17, 15) is 19.0 Å². The second-order valence-electron chi connectivity index (χ2n) is 9.66. The lowest BCUT2D eigenvalue weighted by molar-refractivity contribution is 0.0592. The van der Waals surface area contributed by atoms with Gasteiger partial charge in [-0.2, -0.15) is 0 Å². The molecule has 11 nitrogen and oxygen atoms in total. The molecule has 0 aliphatic carbocycles. The maximum absolute atomic E-state index is 14.0. The van der Waals surface area contributed by atoms with Gasteiger partial charge in [0.2, 0.25) is 0 Å². The molecule has 208 valence electrons. The molecule has 0 saturated carbocycles. The van der Waals surface area contributed by atoms with E-state index in [4.69, 9.17) is 14.2 Å². The molecule has 6 aromatic rings. The molecule has 0 bridgehead atoms. The van der Waals surface area contributed by atoms with Gasteiger partial charge < -0.3 is 29.1 Å². The van der Waals surface area contributed by atoms with Crippen molar-refractivity contribution in [3.05, 3.63) is 83.9 Å². The number of imidazole rings is 2. The molecule has 0 spiro atoms. The highest BCUT2D eigenvalue weighted by Gasteiger charge is 2.37. The van der Waals surface area contributed by atoms with E-state index in [1.165, 1.54) is 14.2 Å². The Hall–Kier alpha value is -5.25. The largest absolute Gasteiger partial charge is 0.465 e. The van der Waals surface area contributed by atoms with Crippen LogP contribution in [0, 0.1) is 0 Å². The fourth-order valence-corrected chi connectivity index (χ4v) is 6.72. The van der Waals surface area contributed by atoms with Crippen LogP contribution in [0.15, 0.2) is 72.8 Å². The molecule has 42 heavy (non-hydrogen) atoms. The lowest BCUT2D eigenvalue weighted by Gasteiger charge is -2.25. The Morgan fingerprint density at radius 1 is 0.714 bits per heavy atom. The third kappa shape index (κ3) is 4.06. The van der Waals surface area contributed by atoms with Crippen LogP contribution in [0.5, 0.6) is 11.5 Å². The maximum atomic E-state index is 14.0. The van der Waals surface area contributed by atoms with Crippen molar-refractivity contribution >= 4 is 52.0 Å². The number of methoxy groups -OCH3 is 2. The van der Waals surface area contributed by atoms with Crippen LogP contribution in [0.1, 0.15) is 20.7 Å². The summed E-state index contributed by atoms with van der Waals surface area (Å²) in [6, 6.07) is 19.9. The minimum absolute atomic E-state index is 0.132. The number of hydrogen-bond donors (Lipinski definition) is 3. The first-order chi connectivity index (χ1) is 20.2. The summed E-state index contributed by atoms with van der Waals surface area (Å²) in [7, 11) is -1.49. The predicted octanol–water partition coefficient (Wildman–Crippen LogP) is 4.67. The van der Waals surface area contributed by atoms with Crippen molar-refractivity contribution in [2.24, 2.45) is 0 Å². The van der Waals surface area contributed by atoms with E-state index in [1.54, 1.807) is 72.8 Å². The summed E-state index contributed by atoms with van der Waals surface area (Å²) in [6.07, 6.45) is 0. The van der Waals surface area contributed by atoms with Gasteiger partial charge in [0.05, 0.1) is 58.0 Å². The first-order valence-electron chi connectivity index (χ1n) is 12.7. The topological polar surface area (TPSA) is 156 Å². The molecule has 2 aromatic heterocycles. The highest BCUT2D eigenvalue weighted by Crippen LogP contribution is 2.50. The molecule has 3 N–H and O–H groups in total. The quantitative estimate of drug-likeness (QED) is 0.199. The summed E-state index contributed by atoms with van der Waals surface area (Å²) in [6.45, 7) is 0. The van der Waals surface area contributed by atoms with Crippen LogP contribution in [0.25, 0.3) is 44.8 Å². The number of esters is 2. The summed E-state index contributed by atoms with van der Waals surface area (Å²) in [5.41, 5.74) is 4.35. The van der Waals surface area contributed by atoms with E-state index in [1.807, 2.05) is 0 Å². The Labute approximate surface area is 237 Å². The zero-order valence-corrected chi connectivity index (χ0v) is 23.1. The fraction of sp³-hybridized carbons (Fsp3) is 0.0667. The Morgan fingerprint density at radius 2 is 1.17 bits per heavy atom. The first-order valence-corrected chi connectivity index (χ1v) is 14.4. The lowest BCUT2D eigenvalue weighted by Crippen LogP contribution is -2.24. The van der Waals surface area contributed by atoms with Crippen molar-refractivity contribution in [2.45, 2.75) is 0 Å².